The topological polar surface area (TPSA) is 15.3 Å². The summed E-state index contributed by atoms with van der Waals surface area (Å²) in [6, 6.07) is 6.22. The van der Waals surface area contributed by atoms with E-state index in [9.17, 15) is 4.39 Å². The molecule has 0 amide bonds. The van der Waals surface area contributed by atoms with Crippen LogP contribution < -0.4 is 10.2 Å². The predicted molar refractivity (Wildman–Crippen MR) is 83.8 cm³/mol. The molecule has 1 aromatic carbocycles. The first-order chi connectivity index (χ1) is 9.52. The van der Waals surface area contributed by atoms with E-state index < -0.39 is 0 Å². The van der Waals surface area contributed by atoms with Gasteiger partial charge < -0.3 is 10.2 Å². The third-order valence-electron chi connectivity index (χ3n) is 4.20. The molecule has 0 aliphatic carbocycles. The molecular weight excluding hydrogens is 251 g/mol. The van der Waals surface area contributed by atoms with Crippen molar-refractivity contribution in [1.29, 1.82) is 0 Å². The molecule has 1 N–H and O–H groups in total. The number of benzene rings is 1. The molecule has 1 aliphatic rings. The normalized spacial score (nSPS) is 23.4. The largest absolute Gasteiger partial charge is 0.363 e. The zero-order valence-electron chi connectivity index (χ0n) is 13.1. The first-order valence-corrected chi connectivity index (χ1v) is 7.78. The van der Waals surface area contributed by atoms with Gasteiger partial charge in [-0.3, -0.25) is 0 Å². The van der Waals surface area contributed by atoms with Gasteiger partial charge in [-0.15, -0.1) is 0 Å². The summed E-state index contributed by atoms with van der Waals surface area (Å²) in [4.78, 5) is 2.29. The lowest BCUT2D eigenvalue weighted by Gasteiger charge is -2.43. The minimum Gasteiger partial charge on any atom is -0.363 e. The average Bonchev–Trinajstić information content (AvgIpc) is 2.38. The van der Waals surface area contributed by atoms with Crippen LogP contribution in [0.15, 0.2) is 18.2 Å². The summed E-state index contributed by atoms with van der Waals surface area (Å²) in [6.45, 7) is 10.5. The van der Waals surface area contributed by atoms with Crippen LogP contribution in [0.1, 0.15) is 39.2 Å². The Labute approximate surface area is 122 Å². The van der Waals surface area contributed by atoms with E-state index in [1.807, 2.05) is 13.0 Å². The SMILES string of the molecule is CCC1CNC(CC(C)C)CN1c1c(C)cccc1F. The molecule has 0 radical (unpaired) electrons. The van der Waals surface area contributed by atoms with E-state index in [0.717, 1.165) is 37.2 Å². The van der Waals surface area contributed by atoms with Crippen LogP contribution >= 0.6 is 0 Å². The van der Waals surface area contributed by atoms with Gasteiger partial charge in [-0.2, -0.15) is 0 Å². The quantitative estimate of drug-likeness (QED) is 0.902. The lowest BCUT2D eigenvalue weighted by molar-refractivity contribution is 0.341. The number of halogens is 1. The number of hydrogen-bond donors (Lipinski definition) is 1. The van der Waals surface area contributed by atoms with Crippen LogP contribution in [0.4, 0.5) is 10.1 Å². The maximum atomic E-state index is 14.3. The Balaban J connectivity index is 2.25. The molecule has 2 nitrogen and oxygen atoms in total. The fourth-order valence-corrected chi connectivity index (χ4v) is 3.22. The molecule has 2 rings (SSSR count). The van der Waals surface area contributed by atoms with E-state index in [1.165, 1.54) is 0 Å². The van der Waals surface area contributed by atoms with Crippen LogP contribution in [0.2, 0.25) is 0 Å². The number of nitrogens with one attached hydrogen (secondary N) is 1. The molecular formula is C17H27FN2. The highest BCUT2D eigenvalue weighted by molar-refractivity contribution is 5.55. The number of hydrogen-bond acceptors (Lipinski definition) is 2. The zero-order valence-corrected chi connectivity index (χ0v) is 13.1. The number of piperazine rings is 1. The first kappa shape index (κ1) is 15.3. The summed E-state index contributed by atoms with van der Waals surface area (Å²) in [5, 5.41) is 3.63. The first-order valence-electron chi connectivity index (χ1n) is 7.78. The highest BCUT2D eigenvalue weighted by Crippen LogP contribution is 2.29. The van der Waals surface area contributed by atoms with Gasteiger partial charge in [0.2, 0.25) is 0 Å². The molecule has 0 bridgehead atoms. The molecule has 2 atom stereocenters. The Bertz CT molecular complexity index is 424. The van der Waals surface area contributed by atoms with Crippen molar-refractivity contribution < 1.29 is 4.39 Å². The molecule has 1 heterocycles. The van der Waals surface area contributed by atoms with Crippen molar-refractivity contribution in [3.05, 3.63) is 29.6 Å². The second kappa shape index (κ2) is 6.57. The summed E-state index contributed by atoms with van der Waals surface area (Å²) in [7, 11) is 0. The fourth-order valence-electron chi connectivity index (χ4n) is 3.22. The van der Waals surface area contributed by atoms with Gasteiger partial charge in [-0.25, -0.2) is 4.39 Å². The van der Waals surface area contributed by atoms with Crippen LogP contribution in [0.5, 0.6) is 0 Å². The van der Waals surface area contributed by atoms with Crippen molar-refractivity contribution in [3.63, 3.8) is 0 Å². The maximum Gasteiger partial charge on any atom is 0.146 e. The van der Waals surface area contributed by atoms with Crippen LogP contribution in [-0.4, -0.2) is 25.2 Å². The van der Waals surface area contributed by atoms with Crippen molar-refractivity contribution in [2.75, 3.05) is 18.0 Å². The molecule has 20 heavy (non-hydrogen) atoms. The summed E-state index contributed by atoms with van der Waals surface area (Å²) < 4.78 is 14.3. The molecule has 2 unspecified atom stereocenters. The lowest BCUT2D eigenvalue weighted by atomic mass is 9.97. The van der Waals surface area contributed by atoms with Gasteiger partial charge in [0.25, 0.3) is 0 Å². The number of para-hydroxylation sites is 1. The number of aryl methyl sites for hydroxylation is 1. The van der Waals surface area contributed by atoms with Crippen LogP contribution in [-0.2, 0) is 0 Å². The van der Waals surface area contributed by atoms with Gasteiger partial charge in [0.05, 0.1) is 5.69 Å². The summed E-state index contributed by atoms with van der Waals surface area (Å²) in [5.74, 6) is 0.572. The lowest BCUT2D eigenvalue weighted by Crippen LogP contribution is -2.57. The predicted octanol–water partition coefficient (Wildman–Crippen LogP) is 3.74. The monoisotopic (exact) mass is 278 g/mol. The third-order valence-corrected chi connectivity index (χ3v) is 4.20. The second-order valence-electron chi connectivity index (χ2n) is 6.35. The highest BCUT2D eigenvalue weighted by Gasteiger charge is 2.29. The van der Waals surface area contributed by atoms with Gasteiger partial charge in [0.1, 0.15) is 5.82 Å². The minimum absolute atomic E-state index is 0.0892. The number of rotatable bonds is 4. The Kier molecular flexibility index (Phi) is 5.03. The van der Waals surface area contributed by atoms with E-state index in [0.29, 0.717) is 18.0 Å². The number of anilines is 1. The van der Waals surface area contributed by atoms with Gasteiger partial charge in [-0.05, 0) is 37.3 Å². The Hall–Kier alpha value is -1.09. The molecule has 1 aliphatic heterocycles. The molecule has 0 aromatic heterocycles. The van der Waals surface area contributed by atoms with E-state index in [2.05, 4.69) is 31.0 Å². The Morgan fingerprint density at radius 2 is 2.15 bits per heavy atom. The van der Waals surface area contributed by atoms with E-state index >= 15 is 0 Å². The molecule has 0 spiro atoms. The van der Waals surface area contributed by atoms with E-state index in [1.54, 1.807) is 12.1 Å². The van der Waals surface area contributed by atoms with Crippen molar-refractivity contribution in [2.24, 2.45) is 5.92 Å². The van der Waals surface area contributed by atoms with Crippen LogP contribution in [0, 0.1) is 18.7 Å². The van der Waals surface area contributed by atoms with Crippen molar-refractivity contribution >= 4 is 5.69 Å². The summed E-state index contributed by atoms with van der Waals surface area (Å²) in [5.41, 5.74) is 1.84. The average molecular weight is 278 g/mol. The highest BCUT2D eigenvalue weighted by atomic mass is 19.1. The molecule has 3 heteroatoms. The molecule has 1 saturated heterocycles. The van der Waals surface area contributed by atoms with Crippen LogP contribution in [0.25, 0.3) is 0 Å². The van der Waals surface area contributed by atoms with Crippen LogP contribution in [0.3, 0.4) is 0 Å². The zero-order chi connectivity index (χ0) is 14.7. The second-order valence-corrected chi connectivity index (χ2v) is 6.35. The van der Waals surface area contributed by atoms with Crippen molar-refractivity contribution in [2.45, 2.75) is 52.6 Å². The Morgan fingerprint density at radius 1 is 1.40 bits per heavy atom. The van der Waals surface area contributed by atoms with E-state index in [-0.39, 0.29) is 5.82 Å². The van der Waals surface area contributed by atoms with Gasteiger partial charge in [-0.1, -0.05) is 32.9 Å². The van der Waals surface area contributed by atoms with Crippen molar-refractivity contribution in [3.8, 4) is 0 Å². The molecule has 1 fully saturated rings. The third kappa shape index (κ3) is 3.32. The Morgan fingerprint density at radius 3 is 2.75 bits per heavy atom. The summed E-state index contributed by atoms with van der Waals surface area (Å²) >= 11 is 0. The van der Waals surface area contributed by atoms with Gasteiger partial charge in [0, 0.05) is 25.2 Å². The maximum absolute atomic E-state index is 14.3. The molecule has 1 aromatic rings. The van der Waals surface area contributed by atoms with E-state index in [4.69, 9.17) is 0 Å². The van der Waals surface area contributed by atoms with Gasteiger partial charge in [0.15, 0.2) is 0 Å². The standard InChI is InChI=1S/C17H27FN2/c1-5-15-10-19-14(9-12(2)3)11-20(15)17-13(4)7-6-8-16(17)18/h6-8,12,14-15,19H,5,9-11H2,1-4H3. The molecule has 0 saturated carbocycles. The smallest absolute Gasteiger partial charge is 0.146 e. The van der Waals surface area contributed by atoms with Crippen molar-refractivity contribution in [1.82, 2.24) is 5.32 Å². The summed E-state index contributed by atoms with van der Waals surface area (Å²) in [6.07, 6.45) is 2.18. The fraction of sp³-hybridized carbons (Fsp3) is 0.647. The number of nitrogens with zero attached hydrogens (tertiary/aromatic N) is 1. The van der Waals surface area contributed by atoms with Gasteiger partial charge >= 0.3 is 0 Å². The molecule has 112 valence electrons. The minimum atomic E-state index is -0.0892.